The number of rotatable bonds is 14. The van der Waals surface area contributed by atoms with Gasteiger partial charge in [-0.2, -0.15) is 8.42 Å². The first-order valence-electron chi connectivity index (χ1n) is 19.6. The van der Waals surface area contributed by atoms with Crippen molar-refractivity contribution in [1.29, 1.82) is 10.8 Å². The van der Waals surface area contributed by atoms with Gasteiger partial charge in [-0.05, 0) is 78.3 Å². The van der Waals surface area contributed by atoms with Gasteiger partial charge in [0.15, 0.2) is 0 Å². The van der Waals surface area contributed by atoms with E-state index in [1.807, 2.05) is 5.38 Å². The molecule has 334 valence electrons. The Hall–Kier alpha value is -6.04. The van der Waals surface area contributed by atoms with Crippen molar-refractivity contribution in [3.05, 3.63) is 104 Å². The predicted molar refractivity (Wildman–Crippen MR) is 236 cm³/mol. The van der Waals surface area contributed by atoms with Crippen molar-refractivity contribution in [2.45, 2.75) is 19.1 Å². The SMILES string of the molecule is CCOC(=O)CN1CCN(CC2CN(c3ccc(C(=N)NC(=O)c4cccs4)cc3)C(=O)O2)CC1.CS(=O)(=O)OCC1CN(c2ccc(C(=N)NC(=O)c3cccs3)cc2)C(=O)O1. The number of amides is 4. The van der Waals surface area contributed by atoms with E-state index in [4.69, 9.17) is 25.0 Å². The van der Waals surface area contributed by atoms with Crippen molar-refractivity contribution in [2.75, 3.05) is 81.6 Å². The third-order valence-electron chi connectivity index (χ3n) is 9.70. The Morgan fingerprint density at radius 1 is 0.730 bits per heavy atom. The number of carbonyl (C=O) groups excluding carboxylic acids is 5. The Labute approximate surface area is 371 Å². The molecule has 7 rings (SSSR count). The zero-order valence-corrected chi connectivity index (χ0v) is 36.8. The molecule has 3 aliphatic heterocycles. The summed E-state index contributed by atoms with van der Waals surface area (Å²) < 4.78 is 42.5. The van der Waals surface area contributed by atoms with Crippen LogP contribution in [0.15, 0.2) is 83.6 Å². The van der Waals surface area contributed by atoms with Gasteiger partial charge in [0.05, 0.1) is 42.3 Å². The van der Waals surface area contributed by atoms with Crippen molar-refractivity contribution in [3.8, 4) is 0 Å². The highest BCUT2D eigenvalue weighted by Crippen LogP contribution is 2.25. The van der Waals surface area contributed by atoms with E-state index in [1.165, 1.54) is 27.6 Å². The Kier molecular flexibility index (Phi) is 15.8. The molecule has 3 aliphatic rings. The molecule has 0 bridgehead atoms. The van der Waals surface area contributed by atoms with Gasteiger partial charge in [-0.15, -0.1) is 22.7 Å². The fourth-order valence-corrected chi connectivity index (χ4v) is 8.22. The van der Waals surface area contributed by atoms with Gasteiger partial charge in [-0.3, -0.25) is 49.0 Å². The molecule has 0 saturated carbocycles. The second kappa shape index (κ2) is 21.4. The predicted octanol–water partition coefficient (Wildman–Crippen LogP) is 3.81. The number of carbonyl (C=O) groups is 5. The highest BCUT2D eigenvalue weighted by molar-refractivity contribution is 7.86. The Bertz CT molecular complexity index is 2370. The van der Waals surface area contributed by atoms with Crippen LogP contribution in [-0.4, -0.2) is 144 Å². The molecule has 3 fully saturated rings. The molecule has 2 aromatic carbocycles. The minimum absolute atomic E-state index is 0.000996. The normalized spacial score (nSPS) is 17.9. The van der Waals surface area contributed by atoms with Crippen molar-refractivity contribution >= 4 is 85.8 Å². The molecule has 22 heteroatoms. The first-order valence-corrected chi connectivity index (χ1v) is 23.2. The fourth-order valence-electron chi connectivity index (χ4n) is 6.58. The average Bonchev–Trinajstić information content (AvgIpc) is 4.10. The summed E-state index contributed by atoms with van der Waals surface area (Å²) in [6.45, 7) is 6.56. The van der Waals surface area contributed by atoms with E-state index in [0.717, 1.165) is 32.4 Å². The van der Waals surface area contributed by atoms with Crippen LogP contribution in [0.5, 0.6) is 0 Å². The van der Waals surface area contributed by atoms with E-state index in [2.05, 4.69) is 24.6 Å². The first-order chi connectivity index (χ1) is 30.1. The maximum Gasteiger partial charge on any atom is 0.414 e. The lowest BCUT2D eigenvalue weighted by atomic mass is 10.1. The van der Waals surface area contributed by atoms with Crippen LogP contribution >= 0.6 is 22.7 Å². The molecule has 0 aliphatic carbocycles. The standard InChI is InChI=1S/C24H29N5O5S.C17H17N3O6S2/c1-2-33-21(30)16-28-11-9-27(10-12-28)14-19-15-29(24(32)34-19)18-7-5-17(6-8-18)22(25)26-23(31)20-4-3-13-35-20;1-28(23,24)25-10-13-9-20(17(22)26-13)12-6-4-11(5-7-12)15(18)19-16(21)14-3-2-8-27-14/h3-8,13,19H,2,9-12,14-16H2,1H3,(H2,25,26,31);2-8,13H,9-10H2,1H3,(H2,18,19,21). The summed E-state index contributed by atoms with van der Waals surface area (Å²) in [5, 5.41) is 24.9. The van der Waals surface area contributed by atoms with E-state index in [1.54, 1.807) is 90.0 Å². The number of thiophene rings is 2. The number of benzene rings is 2. The molecule has 4 aromatic rings. The van der Waals surface area contributed by atoms with Crippen LogP contribution in [0, 0.1) is 10.8 Å². The largest absolute Gasteiger partial charge is 0.465 e. The van der Waals surface area contributed by atoms with Gasteiger partial charge in [0, 0.05) is 55.2 Å². The molecule has 4 amide bonds. The van der Waals surface area contributed by atoms with Crippen molar-refractivity contribution in [2.24, 2.45) is 0 Å². The first kappa shape index (κ1) is 46.5. The smallest absolute Gasteiger partial charge is 0.414 e. The quantitative estimate of drug-likeness (QED) is 0.0463. The molecule has 3 saturated heterocycles. The highest BCUT2D eigenvalue weighted by Gasteiger charge is 2.35. The lowest BCUT2D eigenvalue weighted by molar-refractivity contribution is -0.144. The van der Waals surface area contributed by atoms with Crippen LogP contribution in [-0.2, 0) is 33.3 Å². The van der Waals surface area contributed by atoms with Crippen LogP contribution < -0.4 is 20.4 Å². The molecule has 2 unspecified atom stereocenters. The summed E-state index contributed by atoms with van der Waals surface area (Å²) in [5.74, 6) is -0.942. The molecule has 0 spiro atoms. The van der Waals surface area contributed by atoms with E-state index in [0.29, 0.717) is 58.5 Å². The van der Waals surface area contributed by atoms with Crippen molar-refractivity contribution in [3.63, 3.8) is 0 Å². The number of nitrogens with one attached hydrogen (secondary N) is 4. The van der Waals surface area contributed by atoms with Gasteiger partial charge in [0.25, 0.3) is 21.9 Å². The van der Waals surface area contributed by atoms with Crippen molar-refractivity contribution in [1.82, 2.24) is 20.4 Å². The zero-order chi connectivity index (χ0) is 45.1. The molecule has 0 radical (unpaired) electrons. The number of ether oxygens (including phenoxy) is 3. The molecule has 63 heavy (non-hydrogen) atoms. The fraction of sp³-hybridized carbons (Fsp3) is 0.341. The molecule has 4 N–H and O–H groups in total. The monoisotopic (exact) mass is 922 g/mol. The molecule has 19 nitrogen and oxygen atoms in total. The summed E-state index contributed by atoms with van der Waals surface area (Å²) in [6.07, 6.45) is -1.04. The Morgan fingerprint density at radius 3 is 1.63 bits per heavy atom. The van der Waals surface area contributed by atoms with E-state index in [9.17, 15) is 32.4 Å². The van der Waals surface area contributed by atoms with Gasteiger partial charge >= 0.3 is 18.2 Å². The van der Waals surface area contributed by atoms with Gasteiger partial charge in [-0.25, -0.2) is 9.59 Å². The number of cyclic esters (lactones) is 2. The number of nitrogens with zero attached hydrogens (tertiary/aromatic N) is 4. The summed E-state index contributed by atoms with van der Waals surface area (Å²) in [6, 6.07) is 20.2. The van der Waals surface area contributed by atoms with Gasteiger partial charge in [0.1, 0.15) is 30.5 Å². The van der Waals surface area contributed by atoms with Gasteiger partial charge in [-0.1, -0.05) is 12.1 Å². The zero-order valence-electron chi connectivity index (χ0n) is 34.3. The number of anilines is 2. The maximum atomic E-state index is 12.5. The topological polar surface area (TPSA) is 241 Å². The van der Waals surface area contributed by atoms with Crippen LogP contribution in [0.3, 0.4) is 0 Å². The third kappa shape index (κ3) is 13.2. The van der Waals surface area contributed by atoms with Crippen LogP contribution in [0.1, 0.15) is 37.4 Å². The number of hydrogen-bond donors (Lipinski definition) is 4. The summed E-state index contributed by atoms with van der Waals surface area (Å²) in [5.41, 5.74) is 2.22. The maximum absolute atomic E-state index is 12.5. The Morgan fingerprint density at radius 2 is 1.19 bits per heavy atom. The van der Waals surface area contributed by atoms with Gasteiger partial charge < -0.3 is 24.8 Å². The molecule has 2 aromatic heterocycles. The lowest BCUT2D eigenvalue weighted by Crippen LogP contribution is -2.50. The summed E-state index contributed by atoms with van der Waals surface area (Å²) >= 11 is 2.59. The summed E-state index contributed by atoms with van der Waals surface area (Å²) in [4.78, 5) is 68.6. The summed E-state index contributed by atoms with van der Waals surface area (Å²) in [7, 11) is -3.62. The second-order valence-corrected chi connectivity index (χ2v) is 17.8. The number of esters is 1. The third-order valence-corrected chi connectivity index (χ3v) is 12.0. The average molecular weight is 923 g/mol. The lowest BCUT2D eigenvalue weighted by Gasteiger charge is -2.34. The van der Waals surface area contributed by atoms with Gasteiger partial charge in [0.2, 0.25) is 0 Å². The van der Waals surface area contributed by atoms with Crippen LogP contribution in [0.4, 0.5) is 21.0 Å². The number of hydrogen-bond acceptors (Lipinski definition) is 17. The second-order valence-electron chi connectivity index (χ2n) is 14.3. The van der Waals surface area contributed by atoms with Crippen LogP contribution in [0.25, 0.3) is 0 Å². The van der Waals surface area contributed by atoms with E-state index >= 15 is 0 Å². The molecule has 2 atom stereocenters. The highest BCUT2D eigenvalue weighted by atomic mass is 32.2. The van der Waals surface area contributed by atoms with Crippen molar-refractivity contribution < 1.29 is 50.8 Å². The minimum Gasteiger partial charge on any atom is -0.465 e. The molecular weight excluding hydrogens is 877 g/mol. The minimum atomic E-state index is -3.62. The van der Waals surface area contributed by atoms with E-state index in [-0.39, 0.29) is 48.7 Å². The van der Waals surface area contributed by atoms with E-state index < -0.39 is 28.4 Å². The van der Waals surface area contributed by atoms with Crippen LogP contribution in [0.2, 0.25) is 0 Å². The molecular formula is C41H46N8O11S3. The number of piperazine rings is 1. The number of amidine groups is 2. The molecule has 5 heterocycles. The Balaban J connectivity index is 0.000000215.